The molecule has 3 aromatic rings. The quantitative estimate of drug-likeness (QED) is 0.477. The summed E-state index contributed by atoms with van der Waals surface area (Å²) in [4.78, 5) is 12.2. The molecule has 0 aliphatic rings. The molecule has 6 nitrogen and oxygen atoms in total. The van der Waals surface area contributed by atoms with E-state index in [9.17, 15) is 4.79 Å². The van der Waals surface area contributed by atoms with Crippen molar-refractivity contribution in [2.45, 2.75) is 36.9 Å². The molecule has 8 heteroatoms. The van der Waals surface area contributed by atoms with E-state index in [2.05, 4.69) is 29.4 Å². The maximum absolute atomic E-state index is 12.2. The lowest BCUT2D eigenvalue weighted by atomic mass is 10.1. The molecule has 2 aromatic heterocycles. The summed E-state index contributed by atoms with van der Waals surface area (Å²) in [6, 6.07) is 7.91. The van der Waals surface area contributed by atoms with E-state index in [1.54, 1.807) is 6.92 Å². The molecule has 0 radical (unpaired) electrons. The van der Waals surface area contributed by atoms with Gasteiger partial charge in [-0.15, -0.1) is 10.2 Å². The lowest BCUT2D eigenvalue weighted by molar-refractivity contribution is 0.0491. The number of carbonyl (C=O) groups is 1. The zero-order valence-corrected chi connectivity index (χ0v) is 15.9. The third-order valence-corrected chi connectivity index (χ3v) is 5.33. The maximum atomic E-state index is 12.2. The van der Waals surface area contributed by atoms with Crippen LogP contribution in [0.2, 0.25) is 0 Å². The van der Waals surface area contributed by atoms with Crippen molar-refractivity contribution in [1.82, 2.24) is 10.2 Å². The third-order valence-electron chi connectivity index (χ3n) is 3.32. The first kappa shape index (κ1) is 17.8. The van der Waals surface area contributed by atoms with Crippen molar-refractivity contribution in [3.8, 4) is 0 Å². The average molecular weight is 377 g/mol. The first-order valence-corrected chi connectivity index (χ1v) is 9.79. The molecular weight excluding hydrogens is 358 g/mol. The number of rotatable bonds is 7. The number of hydrogen-bond donors (Lipinski definition) is 1. The Morgan fingerprint density at radius 2 is 2.16 bits per heavy atom. The fourth-order valence-electron chi connectivity index (χ4n) is 2.31. The Labute approximate surface area is 154 Å². The molecule has 2 heterocycles. The van der Waals surface area contributed by atoms with Crippen molar-refractivity contribution < 1.29 is 13.9 Å². The maximum Gasteiger partial charge on any atom is 0.374 e. The molecule has 0 atom stereocenters. The van der Waals surface area contributed by atoms with Crippen molar-refractivity contribution in [3.63, 3.8) is 0 Å². The molecule has 132 valence electrons. The van der Waals surface area contributed by atoms with E-state index in [1.807, 2.05) is 24.3 Å². The molecule has 0 spiro atoms. The van der Waals surface area contributed by atoms with E-state index in [4.69, 9.17) is 9.15 Å². The van der Waals surface area contributed by atoms with Crippen molar-refractivity contribution >= 4 is 45.2 Å². The number of ether oxygens (including phenoxy) is 1. The summed E-state index contributed by atoms with van der Waals surface area (Å²) < 4.78 is 11.7. The van der Waals surface area contributed by atoms with Crippen LogP contribution in [0.5, 0.6) is 0 Å². The first-order chi connectivity index (χ1) is 12.1. The summed E-state index contributed by atoms with van der Waals surface area (Å²) >= 11 is 3.02. The normalized spacial score (nSPS) is 11.2. The number of nitrogens with zero attached hydrogens (tertiary/aromatic N) is 2. The third kappa shape index (κ3) is 4.13. The van der Waals surface area contributed by atoms with E-state index in [-0.39, 0.29) is 5.76 Å². The van der Waals surface area contributed by atoms with Gasteiger partial charge in [0.1, 0.15) is 5.58 Å². The second kappa shape index (κ2) is 7.88. The standard InChI is InChI=1S/C17H19N3O3S2/c1-4-22-15(21)14-12(11-7-5-6-8-13(11)23-14)9-24-17-20-19-16(25-17)18-10(2)3/h5-8,10H,4,9H2,1-3H3,(H,18,19). The molecule has 1 aromatic carbocycles. The van der Waals surface area contributed by atoms with Crippen LogP contribution in [0, 0.1) is 0 Å². The molecular formula is C17H19N3O3S2. The number of furan rings is 1. The molecule has 1 N–H and O–H groups in total. The highest BCUT2D eigenvalue weighted by molar-refractivity contribution is 8.00. The molecule has 0 aliphatic heterocycles. The lowest BCUT2D eigenvalue weighted by Crippen LogP contribution is -2.08. The number of carbonyl (C=O) groups excluding carboxylic acids is 1. The lowest BCUT2D eigenvalue weighted by Gasteiger charge is -2.03. The number of thioether (sulfide) groups is 1. The highest BCUT2D eigenvalue weighted by Gasteiger charge is 2.22. The zero-order chi connectivity index (χ0) is 17.8. The van der Waals surface area contributed by atoms with Crippen molar-refractivity contribution in [1.29, 1.82) is 0 Å². The summed E-state index contributed by atoms with van der Waals surface area (Å²) in [5, 5.41) is 13.3. The zero-order valence-electron chi connectivity index (χ0n) is 14.2. The Balaban J connectivity index is 1.83. The van der Waals surface area contributed by atoms with Crippen molar-refractivity contribution in [2.24, 2.45) is 0 Å². The van der Waals surface area contributed by atoms with Crippen molar-refractivity contribution in [3.05, 3.63) is 35.6 Å². The first-order valence-electron chi connectivity index (χ1n) is 7.98. The number of anilines is 1. The molecule has 0 fully saturated rings. The average Bonchev–Trinajstić information content (AvgIpc) is 3.16. The van der Waals surface area contributed by atoms with Crippen LogP contribution in [0.3, 0.4) is 0 Å². The van der Waals surface area contributed by atoms with Gasteiger partial charge in [-0.1, -0.05) is 41.3 Å². The number of para-hydroxylation sites is 1. The van der Waals surface area contributed by atoms with Crippen LogP contribution in [0.4, 0.5) is 5.13 Å². The van der Waals surface area contributed by atoms with Gasteiger partial charge in [0, 0.05) is 22.7 Å². The van der Waals surface area contributed by atoms with Gasteiger partial charge >= 0.3 is 5.97 Å². The molecule has 0 saturated heterocycles. The highest BCUT2D eigenvalue weighted by atomic mass is 32.2. The minimum Gasteiger partial charge on any atom is -0.460 e. The SMILES string of the molecule is CCOC(=O)c1oc2ccccc2c1CSc1nnc(NC(C)C)s1. The summed E-state index contributed by atoms with van der Waals surface area (Å²) in [6.45, 7) is 6.19. The highest BCUT2D eigenvalue weighted by Crippen LogP contribution is 2.34. The number of benzene rings is 1. The summed E-state index contributed by atoms with van der Waals surface area (Å²) in [5.74, 6) is 0.385. The number of nitrogens with one attached hydrogen (secondary N) is 1. The van der Waals surface area contributed by atoms with Gasteiger partial charge in [-0.2, -0.15) is 0 Å². The molecule has 0 bridgehead atoms. The van der Waals surface area contributed by atoms with E-state index >= 15 is 0 Å². The largest absolute Gasteiger partial charge is 0.460 e. The summed E-state index contributed by atoms with van der Waals surface area (Å²) in [5.41, 5.74) is 1.51. The molecule has 0 amide bonds. The minimum absolute atomic E-state index is 0.264. The second-order valence-corrected chi connectivity index (χ2v) is 7.79. The molecule has 3 rings (SSSR count). The van der Waals surface area contributed by atoms with Crippen LogP contribution < -0.4 is 5.32 Å². The predicted octanol–water partition coefficient (Wildman–Crippen LogP) is 4.57. The Morgan fingerprint density at radius 3 is 2.92 bits per heavy atom. The fraction of sp³-hybridized carbons (Fsp3) is 0.353. The van der Waals surface area contributed by atoms with Gasteiger partial charge in [0.15, 0.2) is 4.34 Å². The Kier molecular flexibility index (Phi) is 5.60. The van der Waals surface area contributed by atoms with Gasteiger partial charge in [-0.25, -0.2) is 4.79 Å². The molecule has 0 unspecified atom stereocenters. The van der Waals surface area contributed by atoms with Gasteiger partial charge in [0.25, 0.3) is 0 Å². The van der Waals surface area contributed by atoms with Crippen LogP contribution in [-0.4, -0.2) is 28.8 Å². The minimum atomic E-state index is -0.436. The predicted molar refractivity (Wildman–Crippen MR) is 100 cm³/mol. The monoisotopic (exact) mass is 377 g/mol. The van der Waals surface area contributed by atoms with Crippen LogP contribution in [0.15, 0.2) is 33.0 Å². The Hall–Kier alpha value is -2.06. The second-order valence-electron chi connectivity index (χ2n) is 5.59. The number of fused-ring (bicyclic) bond motifs is 1. The Morgan fingerprint density at radius 1 is 1.36 bits per heavy atom. The number of hydrogen-bond acceptors (Lipinski definition) is 8. The summed E-state index contributed by atoms with van der Waals surface area (Å²) in [7, 11) is 0. The molecule has 0 saturated carbocycles. The van der Waals surface area contributed by atoms with Gasteiger partial charge in [-0.3, -0.25) is 0 Å². The van der Waals surface area contributed by atoms with Crippen LogP contribution in [0.1, 0.15) is 36.9 Å². The van der Waals surface area contributed by atoms with Gasteiger partial charge in [-0.05, 0) is 26.8 Å². The van der Waals surface area contributed by atoms with E-state index < -0.39 is 5.97 Å². The summed E-state index contributed by atoms with van der Waals surface area (Å²) in [6.07, 6.45) is 0. The van der Waals surface area contributed by atoms with Crippen LogP contribution in [0.25, 0.3) is 11.0 Å². The Bertz CT molecular complexity index is 873. The van der Waals surface area contributed by atoms with E-state index in [1.165, 1.54) is 23.1 Å². The van der Waals surface area contributed by atoms with Gasteiger partial charge < -0.3 is 14.5 Å². The topological polar surface area (TPSA) is 77.2 Å². The fourth-order valence-corrected chi connectivity index (χ4v) is 4.24. The van der Waals surface area contributed by atoms with Crippen molar-refractivity contribution in [2.75, 3.05) is 11.9 Å². The number of aromatic nitrogens is 2. The number of esters is 1. The van der Waals surface area contributed by atoms with Gasteiger partial charge in [0.05, 0.1) is 6.61 Å². The van der Waals surface area contributed by atoms with Gasteiger partial charge in [0.2, 0.25) is 10.9 Å². The molecule has 25 heavy (non-hydrogen) atoms. The van der Waals surface area contributed by atoms with E-state index in [0.717, 1.165) is 20.4 Å². The molecule has 0 aliphatic carbocycles. The smallest absolute Gasteiger partial charge is 0.374 e. The van der Waals surface area contributed by atoms with Crippen LogP contribution >= 0.6 is 23.1 Å². The van der Waals surface area contributed by atoms with Crippen LogP contribution in [-0.2, 0) is 10.5 Å². The van der Waals surface area contributed by atoms with E-state index in [0.29, 0.717) is 24.0 Å².